The standard InChI is InChI=1S/C23H24Cl2F3N7O/c1-22(19(29)36)4-2-13(3-5-22)35-18-16(10-30-20(34-18)31-12-8-23(27,28)9-12)32-21(35)33-17-14(25)6-11(24)7-15(17)26/h6-7,10,12-13H,2-5,8-9H2,1H3,(H2,29,36)(H,32,33)(H,30,31,34). The van der Waals surface area contributed by atoms with Crippen molar-refractivity contribution in [1.82, 2.24) is 19.5 Å². The zero-order chi connectivity index (χ0) is 25.8. The lowest BCUT2D eigenvalue weighted by Gasteiger charge is -2.36. The Morgan fingerprint density at radius 3 is 2.50 bits per heavy atom. The number of rotatable bonds is 6. The molecule has 0 atom stereocenters. The molecule has 2 aliphatic carbocycles. The number of nitrogens with zero attached hydrogens (tertiary/aromatic N) is 4. The molecule has 4 N–H and O–H groups in total. The van der Waals surface area contributed by atoms with Crippen molar-refractivity contribution < 1.29 is 18.0 Å². The summed E-state index contributed by atoms with van der Waals surface area (Å²) >= 11 is 12.2. The van der Waals surface area contributed by atoms with Crippen LogP contribution < -0.4 is 16.4 Å². The van der Waals surface area contributed by atoms with Crippen LogP contribution in [-0.4, -0.2) is 37.4 Å². The maximum Gasteiger partial charge on any atom is 0.252 e. The highest BCUT2D eigenvalue weighted by atomic mass is 35.5. The van der Waals surface area contributed by atoms with Gasteiger partial charge in [0.1, 0.15) is 11.3 Å². The van der Waals surface area contributed by atoms with Gasteiger partial charge in [0.15, 0.2) is 5.65 Å². The van der Waals surface area contributed by atoms with Crippen molar-refractivity contribution in [3.8, 4) is 0 Å². The molecule has 1 aromatic carbocycles. The van der Waals surface area contributed by atoms with Gasteiger partial charge in [-0.2, -0.15) is 4.98 Å². The van der Waals surface area contributed by atoms with Crippen LogP contribution in [-0.2, 0) is 4.79 Å². The Hall–Kier alpha value is -2.79. The van der Waals surface area contributed by atoms with Crippen LogP contribution in [0, 0.1) is 11.2 Å². The second-order valence-electron chi connectivity index (χ2n) is 9.84. The number of halogens is 5. The zero-order valence-corrected chi connectivity index (χ0v) is 20.8. The molecule has 1 amide bonds. The van der Waals surface area contributed by atoms with Crippen molar-refractivity contribution in [2.24, 2.45) is 11.1 Å². The molecular formula is C23H24Cl2F3N7O. The van der Waals surface area contributed by atoms with Crippen molar-refractivity contribution in [2.75, 3.05) is 10.6 Å². The van der Waals surface area contributed by atoms with Gasteiger partial charge in [-0.05, 0) is 37.8 Å². The summed E-state index contributed by atoms with van der Waals surface area (Å²) in [6, 6.07) is 1.98. The number of carbonyl (C=O) groups is 1. The average molecular weight is 542 g/mol. The Morgan fingerprint density at radius 2 is 1.89 bits per heavy atom. The van der Waals surface area contributed by atoms with Gasteiger partial charge in [0, 0.05) is 35.4 Å². The highest BCUT2D eigenvalue weighted by molar-refractivity contribution is 6.36. The number of aromatic nitrogens is 4. The second kappa shape index (κ2) is 8.95. The van der Waals surface area contributed by atoms with Crippen molar-refractivity contribution in [2.45, 2.75) is 63.5 Å². The fraction of sp³-hybridized carbons (Fsp3) is 0.478. The summed E-state index contributed by atoms with van der Waals surface area (Å²) in [5.41, 5.74) is 5.86. The quantitative estimate of drug-likeness (QED) is 0.362. The first-order valence-electron chi connectivity index (χ1n) is 11.5. The first-order chi connectivity index (χ1) is 16.9. The Kier molecular flexibility index (Phi) is 6.19. The molecule has 2 aromatic heterocycles. The van der Waals surface area contributed by atoms with Gasteiger partial charge in [-0.1, -0.05) is 30.1 Å². The van der Waals surface area contributed by atoms with Crippen LogP contribution in [0.2, 0.25) is 10.0 Å². The molecule has 0 unspecified atom stereocenters. The fourth-order valence-electron chi connectivity index (χ4n) is 4.86. The van der Waals surface area contributed by atoms with Gasteiger partial charge >= 0.3 is 0 Å². The van der Waals surface area contributed by atoms with E-state index in [4.69, 9.17) is 28.9 Å². The van der Waals surface area contributed by atoms with Crippen LogP contribution in [0.15, 0.2) is 18.3 Å². The molecule has 2 saturated carbocycles. The minimum Gasteiger partial charge on any atom is -0.369 e. The third-order valence-corrected chi connectivity index (χ3v) is 7.63. The molecule has 0 spiro atoms. The molecule has 0 bridgehead atoms. The zero-order valence-electron chi connectivity index (χ0n) is 19.3. The van der Waals surface area contributed by atoms with Crippen LogP contribution in [0.1, 0.15) is 51.5 Å². The van der Waals surface area contributed by atoms with Crippen molar-refractivity contribution in [1.29, 1.82) is 0 Å². The van der Waals surface area contributed by atoms with Gasteiger partial charge in [0.05, 0.1) is 16.9 Å². The first kappa shape index (κ1) is 24.9. The van der Waals surface area contributed by atoms with Gasteiger partial charge in [-0.25, -0.2) is 23.1 Å². The van der Waals surface area contributed by atoms with Crippen LogP contribution in [0.4, 0.5) is 30.8 Å². The molecule has 36 heavy (non-hydrogen) atoms. The number of anilines is 3. The lowest BCUT2D eigenvalue weighted by Crippen LogP contribution is -2.44. The molecule has 192 valence electrons. The molecule has 5 rings (SSSR count). The molecule has 0 aliphatic heterocycles. The number of nitrogens with two attached hydrogens (primary N) is 1. The number of hydrogen-bond donors (Lipinski definition) is 3. The number of carbonyl (C=O) groups excluding carboxylic acids is 1. The van der Waals surface area contributed by atoms with E-state index in [1.807, 2.05) is 11.5 Å². The number of imidazole rings is 1. The Morgan fingerprint density at radius 1 is 1.19 bits per heavy atom. The van der Waals surface area contributed by atoms with Crippen molar-refractivity contribution >= 4 is 57.9 Å². The smallest absolute Gasteiger partial charge is 0.252 e. The van der Waals surface area contributed by atoms with Gasteiger partial charge in [-0.3, -0.25) is 9.36 Å². The molecule has 8 nitrogen and oxygen atoms in total. The SMILES string of the molecule is CC1(C(N)=O)CCC(n2c(Nc3c(F)cc(Cl)cc3Cl)nc3cnc(NC4CC(F)(F)C4)nc32)CC1. The summed E-state index contributed by atoms with van der Waals surface area (Å²) in [6.07, 6.45) is 3.20. The van der Waals surface area contributed by atoms with Crippen LogP contribution in [0.5, 0.6) is 0 Å². The van der Waals surface area contributed by atoms with Crippen LogP contribution >= 0.6 is 23.2 Å². The maximum atomic E-state index is 14.7. The highest BCUT2D eigenvalue weighted by Gasteiger charge is 2.45. The van der Waals surface area contributed by atoms with E-state index in [2.05, 4.69) is 25.6 Å². The van der Waals surface area contributed by atoms with Gasteiger partial charge in [0.25, 0.3) is 5.92 Å². The number of fused-ring (bicyclic) bond motifs is 1. The van der Waals surface area contributed by atoms with E-state index in [1.54, 1.807) is 0 Å². The molecular weight excluding hydrogens is 518 g/mol. The van der Waals surface area contributed by atoms with Crippen LogP contribution in [0.25, 0.3) is 11.2 Å². The highest BCUT2D eigenvalue weighted by Crippen LogP contribution is 2.44. The van der Waals surface area contributed by atoms with Crippen molar-refractivity contribution in [3.05, 3.63) is 34.2 Å². The predicted molar refractivity (Wildman–Crippen MR) is 131 cm³/mol. The van der Waals surface area contributed by atoms with E-state index >= 15 is 0 Å². The lowest BCUT2D eigenvalue weighted by atomic mass is 9.73. The lowest BCUT2D eigenvalue weighted by molar-refractivity contribution is -0.128. The number of primary amides is 1. The number of nitrogens with one attached hydrogen (secondary N) is 2. The number of hydrogen-bond acceptors (Lipinski definition) is 6. The second-order valence-corrected chi connectivity index (χ2v) is 10.7. The minimum absolute atomic E-state index is 0.00147. The third kappa shape index (κ3) is 4.66. The average Bonchev–Trinajstić information content (AvgIpc) is 3.13. The number of amides is 1. The first-order valence-corrected chi connectivity index (χ1v) is 12.3. The monoisotopic (exact) mass is 541 g/mol. The maximum absolute atomic E-state index is 14.7. The molecule has 2 heterocycles. The predicted octanol–water partition coefficient (Wildman–Crippen LogP) is 5.83. The summed E-state index contributed by atoms with van der Waals surface area (Å²) in [6.45, 7) is 1.85. The Bertz CT molecular complexity index is 1310. The molecule has 2 aliphatic rings. The van der Waals surface area contributed by atoms with E-state index in [0.29, 0.717) is 36.8 Å². The topological polar surface area (TPSA) is 111 Å². The molecule has 13 heteroatoms. The summed E-state index contributed by atoms with van der Waals surface area (Å²) in [4.78, 5) is 25.3. The van der Waals surface area contributed by atoms with Crippen molar-refractivity contribution in [3.63, 3.8) is 0 Å². The van der Waals surface area contributed by atoms with E-state index < -0.39 is 23.2 Å². The fourth-order valence-corrected chi connectivity index (χ4v) is 5.37. The third-order valence-electron chi connectivity index (χ3n) is 7.12. The largest absolute Gasteiger partial charge is 0.369 e. The summed E-state index contributed by atoms with van der Waals surface area (Å²) in [5, 5.41) is 6.14. The minimum atomic E-state index is -2.68. The van der Waals surface area contributed by atoms with E-state index in [-0.39, 0.29) is 52.4 Å². The Labute approximate surface area is 214 Å². The van der Waals surface area contributed by atoms with Gasteiger partial charge < -0.3 is 16.4 Å². The van der Waals surface area contributed by atoms with E-state index in [0.717, 1.165) is 6.07 Å². The molecule has 0 radical (unpaired) electrons. The molecule has 2 fully saturated rings. The number of alkyl halides is 2. The van der Waals surface area contributed by atoms with Gasteiger partial charge in [-0.15, -0.1) is 0 Å². The Balaban J connectivity index is 1.52. The summed E-state index contributed by atoms with van der Waals surface area (Å²) in [7, 11) is 0. The van der Waals surface area contributed by atoms with E-state index in [9.17, 15) is 18.0 Å². The normalized spacial score (nSPS) is 23.9. The number of benzene rings is 1. The summed E-state index contributed by atoms with van der Waals surface area (Å²) < 4.78 is 43.1. The van der Waals surface area contributed by atoms with Crippen LogP contribution in [0.3, 0.4) is 0 Å². The van der Waals surface area contributed by atoms with Gasteiger partial charge in [0.2, 0.25) is 17.8 Å². The molecule has 3 aromatic rings. The molecule has 0 saturated heterocycles. The van der Waals surface area contributed by atoms with E-state index in [1.165, 1.54) is 12.3 Å². The summed E-state index contributed by atoms with van der Waals surface area (Å²) in [5.74, 6) is -3.21.